The second kappa shape index (κ2) is 5.39. The van der Waals surface area contributed by atoms with Gasteiger partial charge in [0, 0.05) is 11.3 Å². The summed E-state index contributed by atoms with van der Waals surface area (Å²) in [5.41, 5.74) is 0.817. The third-order valence-electron chi connectivity index (χ3n) is 2.54. The number of anilines is 1. The van der Waals surface area contributed by atoms with E-state index in [1.807, 2.05) is 0 Å². The molecule has 4 nitrogen and oxygen atoms in total. The summed E-state index contributed by atoms with van der Waals surface area (Å²) in [6, 6.07) is 9.71. The van der Waals surface area contributed by atoms with Crippen molar-refractivity contribution >= 4 is 11.6 Å². The zero-order valence-corrected chi connectivity index (χ0v) is 10.2. The lowest BCUT2D eigenvalue weighted by Crippen LogP contribution is -2.11. The fraction of sp³-hybridized carbons (Fsp3) is 0.0714. The number of carbonyl (C=O) groups excluding carboxylic acids is 1. The summed E-state index contributed by atoms with van der Waals surface area (Å²) in [6.07, 6.45) is 0. The van der Waals surface area contributed by atoms with Crippen molar-refractivity contribution in [2.45, 2.75) is 0 Å². The number of rotatable bonds is 3. The van der Waals surface area contributed by atoms with Crippen LogP contribution in [-0.2, 0) is 0 Å². The molecule has 2 N–H and O–H groups in total. The van der Waals surface area contributed by atoms with Crippen LogP contribution in [0, 0.1) is 5.82 Å². The molecule has 5 heteroatoms. The van der Waals surface area contributed by atoms with Gasteiger partial charge in [-0.15, -0.1) is 0 Å². The number of halogens is 1. The average molecular weight is 261 g/mol. The number of benzene rings is 2. The molecule has 2 rings (SSSR count). The number of nitrogens with one attached hydrogen (secondary N) is 1. The fourth-order valence-corrected chi connectivity index (χ4v) is 1.56. The van der Waals surface area contributed by atoms with E-state index in [1.165, 1.54) is 49.6 Å². The van der Waals surface area contributed by atoms with Crippen LogP contribution in [0.4, 0.5) is 10.1 Å². The lowest BCUT2D eigenvalue weighted by atomic mass is 10.2. The highest BCUT2D eigenvalue weighted by atomic mass is 19.1. The average Bonchev–Trinajstić information content (AvgIpc) is 2.42. The van der Waals surface area contributed by atoms with Gasteiger partial charge in [-0.25, -0.2) is 4.39 Å². The van der Waals surface area contributed by atoms with Crippen LogP contribution < -0.4 is 10.1 Å². The molecule has 0 aliphatic heterocycles. The Kier molecular flexibility index (Phi) is 3.66. The van der Waals surface area contributed by atoms with Crippen molar-refractivity contribution in [3.8, 4) is 11.5 Å². The van der Waals surface area contributed by atoms with Crippen molar-refractivity contribution in [2.75, 3.05) is 12.4 Å². The molecule has 2 aromatic rings. The Morgan fingerprint density at radius 2 is 1.89 bits per heavy atom. The lowest BCUT2D eigenvalue weighted by Gasteiger charge is -2.08. The zero-order valence-electron chi connectivity index (χ0n) is 10.2. The summed E-state index contributed by atoms with van der Waals surface area (Å²) in [7, 11) is 1.40. The van der Waals surface area contributed by atoms with Gasteiger partial charge in [0.2, 0.25) is 0 Å². The van der Waals surface area contributed by atoms with Gasteiger partial charge >= 0.3 is 0 Å². The van der Waals surface area contributed by atoms with Gasteiger partial charge in [0.05, 0.1) is 7.11 Å². The smallest absolute Gasteiger partial charge is 0.255 e. The topological polar surface area (TPSA) is 58.6 Å². The van der Waals surface area contributed by atoms with Crippen LogP contribution in [-0.4, -0.2) is 18.1 Å². The highest BCUT2D eigenvalue weighted by Gasteiger charge is 2.10. The van der Waals surface area contributed by atoms with Gasteiger partial charge in [-0.1, -0.05) is 0 Å². The summed E-state index contributed by atoms with van der Waals surface area (Å²) in [6.45, 7) is 0. The van der Waals surface area contributed by atoms with Crippen LogP contribution >= 0.6 is 0 Å². The van der Waals surface area contributed by atoms with Crippen molar-refractivity contribution in [2.24, 2.45) is 0 Å². The first-order valence-corrected chi connectivity index (χ1v) is 5.54. The largest absolute Gasteiger partial charge is 0.504 e. The van der Waals surface area contributed by atoms with E-state index in [4.69, 9.17) is 4.74 Å². The second-order valence-electron chi connectivity index (χ2n) is 3.85. The summed E-state index contributed by atoms with van der Waals surface area (Å²) in [5, 5.41) is 12.1. The SMILES string of the molecule is COc1cc(C(=O)Nc2ccc(F)cc2)ccc1O. The Morgan fingerprint density at radius 1 is 1.21 bits per heavy atom. The molecule has 0 atom stereocenters. The number of hydrogen-bond acceptors (Lipinski definition) is 3. The monoisotopic (exact) mass is 261 g/mol. The number of ether oxygens (including phenoxy) is 1. The summed E-state index contributed by atoms with van der Waals surface area (Å²) in [5.74, 6) is -0.568. The minimum absolute atomic E-state index is 0.0409. The number of phenols is 1. The van der Waals surface area contributed by atoms with Crippen molar-refractivity contribution in [1.29, 1.82) is 0 Å². The van der Waals surface area contributed by atoms with Gasteiger partial charge in [-0.3, -0.25) is 4.79 Å². The lowest BCUT2D eigenvalue weighted by molar-refractivity contribution is 0.102. The summed E-state index contributed by atoms with van der Waals surface area (Å²) < 4.78 is 17.7. The number of aromatic hydroxyl groups is 1. The number of carbonyl (C=O) groups is 1. The van der Waals surface area contributed by atoms with Crippen molar-refractivity contribution < 1.29 is 19.0 Å². The van der Waals surface area contributed by atoms with Crippen LogP contribution in [0.1, 0.15) is 10.4 Å². The minimum atomic E-state index is -0.371. The maximum Gasteiger partial charge on any atom is 0.255 e. The van der Waals surface area contributed by atoms with Gasteiger partial charge in [0.15, 0.2) is 11.5 Å². The minimum Gasteiger partial charge on any atom is -0.504 e. The molecule has 98 valence electrons. The molecule has 0 aromatic heterocycles. The fourth-order valence-electron chi connectivity index (χ4n) is 1.56. The number of phenolic OH excluding ortho intramolecular Hbond substituents is 1. The van der Waals surface area contributed by atoms with E-state index >= 15 is 0 Å². The number of amides is 1. The highest BCUT2D eigenvalue weighted by molar-refractivity contribution is 6.04. The molecule has 0 saturated carbocycles. The van der Waals surface area contributed by atoms with Crippen molar-refractivity contribution in [3.05, 3.63) is 53.8 Å². The molecular formula is C14H12FNO3. The number of methoxy groups -OCH3 is 1. The molecule has 0 radical (unpaired) electrons. The van der Waals surface area contributed by atoms with Gasteiger partial charge in [-0.2, -0.15) is 0 Å². The molecule has 0 aliphatic carbocycles. The first-order chi connectivity index (χ1) is 9.10. The van der Waals surface area contributed by atoms with Crippen LogP contribution in [0.25, 0.3) is 0 Å². The highest BCUT2D eigenvalue weighted by Crippen LogP contribution is 2.26. The van der Waals surface area contributed by atoms with Crippen LogP contribution in [0.2, 0.25) is 0 Å². The van der Waals surface area contributed by atoms with Crippen LogP contribution in [0.15, 0.2) is 42.5 Å². The van der Waals surface area contributed by atoms with Crippen LogP contribution in [0.5, 0.6) is 11.5 Å². The maximum absolute atomic E-state index is 12.7. The molecule has 0 saturated heterocycles. The summed E-state index contributed by atoms with van der Waals surface area (Å²) in [4.78, 5) is 11.9. The molecular weight excluding hydrogens is 249 g/mol. The molecule has 0 spiro atoms. The number of hydrogen-bond donors (Lipinski definition) is 2. The van der Waals surface area contributed by atoms with Crippen molar-refractivity contribution in [1.82, 2.24) is 0 Å². The Bertz CT molecular complexity index is 596. The first-order valence-electron chi connectivity index (χ1n) is 5.54. The van der Waals surface area contributed by atoms with E-state index in [2.05, 4.69) is 5.32 Å². The van der Waals surface area contributed by atoms with E-state index in [0.29, 0.717) is 11.3 Å². The molecule has 0 aliphatic rings. The first kappa shape index (κ1) is 12.9. The summed E-state index contributed by atoms with van der Waals surface area (Å²) >= 11 is 0. The standard InChI is InChI=1S/C14H12FNO3/c1-19-13-8-9(2-7-12(13)17)14(18)16-11-5-3-10(15)4-6-11/h2-8,17H,1H3,(H,16,18). The van der Waals surface area contributed by atoms with E-state index < -0.39 is 0 Å². The van der Waals surface area contributed by atoms with Gasteiger partial charge in [0.1, 0.15) is 5.82 Å². The molecule has 1 amide bonds. The van der Waals surface area contributed by atoms with E-state index in [0.717, 1.165) is 0 Å². The molecule has 19 heavy (non-hydrogen) atoms. The van der Waals surface area contributed by atoms with E-state index in [1.54, 1.807) is 0 Å². The van der Waals surface area contributed by atoms with Crippen molar-refractivity contribution in [3.63, 3.8) is 0 Å². The van der Waals surface area contributed by atoms with Gasteiger partial charge in [0.25, 0.3) is 5.91 Å². The normalized spacial score (nSPS) is 10.0. The van der Waals surface area contributed by atoms with E-state index in [-0.39, 0.29) is 23.2 Å². The molecule has 0 fully saturated rings. The zero-order chi connectivity index (χ0) is 13.8. The molecule has 0 unspecified atom stereocenters. The third kappa shape index (κ3) is 3.01. The van der Waals surface area contributed by atoms with E-state index in [9.17, 15) is 14.3 Å². The predicted octanol–water partition coefficient (Wildman–Crippen LogP) is 2.79. The van der Waals surface area contributed by atoms with Gasteiger partial charge < -0.3 is 15.2 Å². The van der Waals surface area contributed by atoms with Crippen LogP contribution in [0.3, 0.4) is 0 Å². The second-order valence-corrected chi connectivity index (χ2v) is 3.85. The Balaban J connectivity index is 2.18. The third-order valence-corrected chi connectivity index (χ3v) is 2.54. The molecule has 0 bridgehead atoms. The molecule has 0 heterocycles. The molecule has 2 aromatic carbocycles. The Morgan fingerprint density at radius 3 is 2.53 bits per heavy atom. The quantitative estimate of drug-likeness (QED) is 0.893. The maximum atomic E-state index is 12.7. The van der Waals surface area contributed by atoms with Gasteiger partial charge in [-0.05, 0) is 42.5 Å². The Hall–Kier alpha value is -2.56. The Labute approximate surface area is 109 Å². The predicted molar refractivity (Wildman–Crippen MR) is 69.0 cm³/mol.